The highest BCUT2D eigenvalue weighted by molar-refractivity contribution is 5.82. The number of carbonyl (C=O) groups is 3. The molecule has 9 heteroatoms. The van der Waals surface area contributed by atoms with E-state index in [4.69, 9.17) is 9.26 Å². The zero-order chi connectivity index (χ0) is 18.2. The molecule has 0 aromatic carbocycles. The molecule has 0 aliphatic carbocycles. The molecule has 1 N–H and O–H groups in total. The summed E-state index contributed by atoms with van der Waals surface area (Å²) in [7, 11) is 0. The average Bonchev–Trinajstić information content (AvgIpc) is 3.03. The van der Waals surface area contributed by atoms with Crippen molar-refractivity contribution in [3.8, 4) is 0 Å². The Balaban J connectivity index is 1.68. The Bertz CT molecular complexity index is 607. The topological polar surface area (TPSA) is 115 Å². The molecule has 1 aliphatic rings. The van der Waals surface area contributed by atoms with Gasteiger partial charge in [-0.05, 0) is 26.7 Å². The van der Waals surface area contributed by atoms with E-state index in [0.717, 1.165) is 0 Å². The minimum atomic E-state index is -0.360. The molecule has 2 heterocycles. The van der Waals surface area contributed by atoms with Gasteiger partial charge in [-0.15, -0.1) is 0 Å². The standard InChI is InChI=1S/C16H24N4O5/c1-3-24-15(22)5-4-14(21)20-8-6-12(7-9-20)16(23)17-10-13-18-11(2)19-25-13/h12H,3-10H2,1-2H3,(H,17,23). The van der Waals surface area contributed by atoms with Gasteiger partial charge in [-0.2, -0.15) is 4.98 Å². The van der Waals surface area contributed by atoms with Crippen molar-refractivity contribution in [1.29, 1.82) is 0 Å². The molecule has 1 fully saturated rings. The second-order valence-corrected chi connectivity index (χ2v) is 5.91. The summed E-state index contributed by atoms with van der Waals surface area (Å²) < 4.78 is 9.76. The maximum absolute atomic E-state index is 12.2. The van der Waals surface area contributed by atoms with E-state index in [1.54, 1.807) is 18.7 Å². The lowest BCUT2D eigenvalue weighted by Gasteiger charge is -2.31. The summed E-state index contributed by atoms with van der Waals surface area (Å²) in [6.45, 7) is 4.99. The number of hydrogen-bond acceptors (Lipinski definition) is 7. The van der Waals surface area contributed by atoms with Crippen LogP contribution in [0.1, 0.15) is 44.3 Å². The van der Waals surface area contributed by atoms with Crippen LogP contribution >= 0.6 is 0 Å². The summed E-state index contributed by atoms with van der Waals surface area (Å²) in [6.07, 6.45) is 1.43. The molecule has 0 spiro atoms. The number of carbonyl (C=O) groups excluding carboxylic acids is 3. The highest BCUT2D eigenvalue weighted by Gasteiger charge is 2.27. The van der Waals surface area contributed by atoms with E-state index < -0.39 is 0 Å². The highest BCUT2D eigenvalue weighted by atomic mass is 16.5. The maximum atomic E-state index is 12.2. The van der Waals surface area contributed by atoms with E-state index in [0.29, 0.717) is 44.3 Å². The van der Waals surface area contributed by atoms with Crippen LogP contribution < -0.4 is 5.32 Å². The van der Waals surface area contributed by atoms with Crippen molar-refractivity contribution in [3.63, 3.8) is 0 Å². The van der Waals surface area contributed by atoms with E-state index in [1.165, 1.54) is 0 Å². The fourth-order valence-electron chi connectivity index (χ4n) is 2.71. The number of nitrogens with one attached hydrogen (secondary N) is 1. The van der Waals surface area contributed by atoms with Crippen LogP contribution in [0.25, 0.3) is 0 Å². The summed E-state index contributed by atoms with van der Waals surface area (Å²) in [5.41, 5.74) is 0. The Morgan fingerprint density at radius 1 is 1.28 bits per heavy atom. The largest absolute Gasteiger partial charge is 0.466 e. The molecule has 0 saturated carbocycles. The third-order valence-electron chi connectivity index (χ3n) is 4.05. The lowest BCUT2D eigenvalue weighted by molar-refractivity contribution is -0.146. The number of amides is 2. The van der Waals surface area contributed by atoms with Gasteiger partial charge < -0.3 is 19.5 Å². The molecule has 0 bridgehead atoms. The molecule has 9 nitrogen and oxygen atoms in total. The van der Waals surface area contributed by atoms with Gasteiger partial charge in [-0.25, -0.2) is 0 Å². The number of esters is 1. The Morgan fingerprint density at radius 2 is 2.00 bits per heavy atom. The minimum Gasteiger partial charge on any atom is -0.466 e. The molecule has 0 atom stereocenters. The third-order valence-corrected chi connectivity index (χ3v) is 4.05. The predicted octanol–water partition coefficient (Wildman–Crippen LogP) is 0.576. The number of aromatic nitrogens is 2. The first-order valence-electron chi connectivity index (χ1n) is 8.50. The lowest BCUT2D eigenvalue weighted by Crippen LogP contribution is -2.43. The summed E-state index contributed by atoms with van der Waals surface area (Å²) in [5, 5.41) is 6.44. The van der Waals surface area contributed by atoms with Gasteiger partial charge in [0, 0.05) is 25.4 Å². The van der Waals surface area contributed by atoms with Crippen LogP contribution in [-0.4, -0.2) is 52.5 Å². The molecular weight excluding hydrogens is 328 g/mol. The lowest BCUT2D eigenvalue weighted by atomic mass is 9.95. The zero-order valence-electron chi connectivity index (χ0n) is 14.6. The van der Waals surface area contributed by atoms with Crippen molar-refractivity contribution in [1.82, 2.24) is 20.4 Å². The summed E-state index contributed by atoms with van der Waals surface area (Å²) in [4.78, 5) is 41.3. The summed E-state index contributed by atoms with van der Waals surface area (Å²) >= 11 is 0. The molecule has 25 heavy (non-hydrogen) atoms. The molecule has 138 valence electrons. The van der Waals surface area contributed by atoms with Crippen LogP contribution in [0.3, 0.4) is 0 Å². The second kappa shape index (κ2) is 9.14. The van der Waals surface area contributed by atoms with Crippen molar-refractivity contribution in [3.05, 3.63) is 11.7 Å². The van der Waals surface area contributed by atoms with E-state index in [2.05, 4.69) is 15.5 Å². The van der Waals surface area contributed by atoms with Gasteiger partial charge in [0.25, 0.3) is 0 Å². The molecular formula is C16H24N4O5. The number of hydrogen-bond donors (Lipinski definition) is 1. The number of ether oxygens (including phenoxy) is 1. The Kier molecular flexibility index (Phi) is 6.91. The number of aryl methyl sites for hydroxylation is 1. The molecule has 1 aromatic heterocycles. The van der Waals surface area contributed by atoms with Crippen molar-refractivity contribution >= 4 is 17.8 Å². The van der Waals surface area contributed by atoms with E-state index in [-0.39, 0.29) is 43.1 Å². The quantitative estimate of drug-likeness (QED) is 0.714. The van der Waals surface area contributed by atoms with Gasteiger partial charge in [0.2, 0.25) is 17.7 Å². The molecule has 1 saturated heterocycles. The van der Waals surface area contributed by atoms with Crippen molar-refractivity contribution in [2.24, 2.45) is 5.92 Å². The van der Waals surface area contributed by atoms with Crippen LogP contribution in [0, 0.1) is 12.8 Å². The molecule has 0 radical (unpaired) electrons. The van der Waals surface area contributed by atoms with Crippen molar-refractivity contribution in [2.45, 2.75) is 46.1 Å². The second-order valence-electron chi connectivity index (χ2n) is 5.91. The first kappa shape index (κ1) is 18.9. The van der Waals surface area contributed by atoms with Gasteiger partial charge in [0.1, 0.15) is 0 Å². The molecule has 2 rings (SSSR count). The van der Waals surface area contributed by atoms with Gasteiger partial charge in [0.05, 0.1) is 19.6 Å². The highest BCUT2D eigenvalue weighted by Crippen LogP contribution is 2.18. The third kappa shape index (κ3) is 5.84. The number of rotatable bonds is 7. The Labute approximate surface area is 146 Å². The van der Waals surface area contributed by atoms with Gasteiger partial charge in [-0.3, -0.25) is 14.4 Å². The molecule has 0 unspecified atom stereocenters. The minimum absolute atomic E-state index is 0.0746. The fraction of sp³-hybridized carbons (Fsp3) is 0.688. The summed E-state index contributed by atoms with van der Waals surface area (Å²) in [5.74, 6) is 0.249. The number of likely N-dealkylation sites (tertiary alicyclic amines) is 1. The van der Waals surface area contributed by atoms with Crippen LogP contribution in [0.2, 0.25) is 0 Å². The monoisotopic (exact) mass is 352 g/mol. The number of nitrogens with zero attached hydrogens (tertiary/aromatic N) is 3. The Morgan fingerprint density at radius 3 is 2.60 bits per heavy atom. The van der Waals surface area contributed by atoms with Gasteiger partial charge in [-0.1, -0.05) is 5.16 Å². The SMILES string of the molecule is CCOC(=O)CCC(=O)N1CCC(C(=O)NCc2nc(C)no2)CC1. The van der Waals surface area contributed by atoms with Crippen LogP contribution in [-0.2, 0) is 25.7 Å². The molecule has 1 aliphatic heterocycles. The van der Waals surface area contributed by atoms with Crippen molar-refractivity contribution in [2.75, 3.05) is 19.7 Å². The molecule has 2 amide bonds. The fourth-order valence-corrected chi connectivity index (χ4v) is 2.71. The summed E-state index contributed by atoms with van der Waals surface area (Å²) in [6, 6.07) is 0. The first-order valence-corrected chi connectivity index (χ1v) is 8.50. The van der Waals surface area contributed by atoms with E-state index in [1.807, 2.05) is 0 Å². The number of piperidine rings is 1. The Hall–Kier alpha value is -2.45. The van der Waals surface area contributed by atoms with Crippen LogP contribution in [0.5, 0.6) is 0 Å². The van der Waals surface area contributed by atoms with E-state index in [9.17, 15) is 14.4 Å². The van der Waals surface area contributed by atoms with Crippen molar-refractivity contribution < 1.29 is 23.6 Å². The zero-order valence-corrected chi connectivity index (χ0v) is 14.6. The van der Waals surface area contributed by atoms with Gasteiger partial charge in [0.15, 0.2) is 5.82 Å². The maximum Gasteiger partial charge on any atom is 0.306 e. The first-order chi connectivity index (χ1) is 12.0. The van der Waals surface area contributed by atoms with Crippen LogP contribution in [0.15, 0.2) is 4.52 Å². The normalized spacial score (nSPS) is 15.0. The van der Waals surface area contributed by atoms with Gasteiger partial charge >= 0.3 is 5.97 Å². The smallest absolute Gasteiger partial charge is 0.306 e. The van der Waals surface area contributed by atoms with E-state index >= 15 is 0 Å². The molecule has 1 aromatic rings. The predicted molar refractivity (Wildman–Crippen MR) is 86.1 cm³/mol. The average molecular weight is 352 g/mol. The van der Waals surface area contributed by atoms with Crippen LogP contribution in [0.4, 0.5) is 0 Å².